The smallest absolute Gasteiger partial charge is 0.322 e. The lowest BCUT2D eigenvalue weighted by molar-refractivity contribution is 0.407. The molecule has 0 radical (unpaired) electrons. The topological polar surface area (TPSA) is 51.0 Å². The summed E-state index contributed by atoms with van der Waals surface area (Å²) in [6, 6.07) is 9.11. The van der Waals surface area contributed by atoms with Crippen LogP contribution in [0.4, 0.5) is 6.01 Å². The van der Waals surface area contributed by atoms with Crippen molar-refractivity contribution in [3.8, 4) is 11.4 Å². The summed E-state index contributed by atoms with van der Waals surface area (Å²) < 4.78 is 5.30. The highest BCUT2D eigenvalue weighted by Gasteiger charge is 2.16. The van der Waals surface area contributed by atoms with E-state index in [0.29, 0.717) is 17.9 Å². The van der Waals surface area contributed by atoms with Crippen LogP contribution in [0.5, 0.6) is 0 Å². The van der Waals surface area contributed by atoms with Crippen molar-refractivity contribution in [2.45, 2.75) is 45.1 Å². The number of hydrogen-bond acceptors (Lipinski definition) is 4. The fourth-order valence-corrected chi connectivity index (χ4v) is 2.64. The minimum atomic E-state index is 0.485. The third-order valence-electron chi connectivity index (χ3n) is 3.74. The summed E-state index contributed by atoms with van der Waals surface area (Å²) in [5.74, 6) is 0.663. The molecule has 3 rings (SSSR count). The Kier molecular flexibility index (Phi) is 3.49. The van der Waals surface area contributed by atoms with E-state index >= 15 is 0 Å². The van der Waals surface area contributed by atoms with Gasteiger partial charge in [-0.2, -0.15) is 4.98 Å². The molecule has 1 saturated carbocycles. The third kappa shape index (κ3) is 2.78. The molecular weight excluding hydrogens is 238 g/mol. The summed E-state index contributed by atoms with van der Waals surface area (Å²) in [6.45, 7) is 2.06. The molecule has 0 aliphatic heterocycles. The van der Waals surface area contributed by atoms with Crippen LogP contribution in [0.2, 0.25) is 0 Å². The number of rotatable bonds is 3. The van der Waals surface area contributed by atoms with Gasteiger partial charge in [-0.1, -0.05) is 48.7 Å². The molecule has 1 aliphatic carbocycles. The Bertz CT molecular complexity index is 544. The Hall–Kier alpha value is -1.84. The highest BCUT2D eigenvalue weighted by Crippen LogP contribution is 2.24. The fraction of sp³-hybridized carbons (Fsp3) is 0.467. The van der Waals surface area contributed by atoms with Gasteiger partial charge in [-0.25, -0.2) is 0 Å². The number of anilines is 1. The zero-order chi connectivity index (χ0) is 13.1. The average Bonchev–Trinajstić information content (AvgIpc) is 2.89. The van der Waals surface area contributed by atoms with Crippen molar-refractivity contribution < 1.29 is 4.52 Å². The minimum absolute atomic E-state index is 0.485. The highest BCUT2D eigenvalue weighted by molar-refractivity contribution is 5.59. The van der Waals surface area contributed by atoms with Crippen LogP contribution in [0.25, 0.3) is 11.4 Å². The minimum Gasteiger partial charge on any atom is -0.335 e. The van der Waals surface area contributed by atoms with Crippen molar-refractivity contribution in [2.24, 2.45) is 0 Å². The first-order valence-corrected chi connectivity index (χ1v) is 6.99. The Labute approximate surface area is 113 Å². The number of benzene rings is 1. The van der Waals surface area contributed by atoms with E-state index in [1.807, 2.05) is 18.2 Å². The van der Waals surface area contributed by atoms with E-state index in [0.717, 1.165) is 11.1 Å². The summed E-state index contributed by atoms with van der Waals surface area (Å²) in [7, 11) is 0. The largest absolute Gasteiger partial charge is 0.335 e. The van der Waals surface area contributed by atoms with Gasteiger partial charge in [0.25, 0.3) is 0 Å². The van der Waals surface area contributed by atoms with Gasteiger partial charge in [0.2, 0.25) is 5.82 Å². The standard InChI is InChI=1S/C15H19N3O/c1-11-7-5-6-10-13(11)14-17-15(19-18-14)16-12-8-3-2-4-9-12/h5-7,10,12H,2-4,8-9H2,1H3,(H,16,17,18). The first-order valence-electron chi connectivity index (χ1n) is 6.99. The lowest BCUT2D eigenvalue weighted by Crippen LogP contribution is -2.22. The van der Waals surface area contributed by atoms with Gasteiger partial charge in [0, 0.05) is 11.6 Å². The molecule has 1 aromatic carbocycles. The monoisotopic (exact) mass is 257 g/mol. The maximum absolute atomic E-state index is 5.30. The molecule has 0 amide bonds. The first-order chi connectivity index (χ1) is 9.33. The van der Waals surface area contributed by atoms with Gasteiger partial charge in [-0.05, 0) is 25.3 Å². The van der Waals surface area contributed by atoms with Gasteiger partial charge < -0.3 is 9.84 Å². The van der Waals surface area contributed by atoms with E-state index in [-0.39, 0.29) is 0 Å². The molecule has 1 fully saturated rings. The van der Waals surface area contributed by atoms with Crippen molar-refractivity contribution >= 4 is 6.01 Å². The van der Waals surface area contributed by atoms with E-state index in [1.54, 1.807) is 0 Å². The van der Waals surface area contributed by atoms with E-state index in [9.17, 15) is 0 Å². The molecule has 1 aromatic heterocycles. The predicted octanol–water partition coefficient (Wildman–Crippen LogP) is 3.79. The molecule has 0 unspecified atom stereocenters. The molecule has 0 saturated heterocycles. The normalized spacial score (nSPS) is 16.5. The first kappa shape index (κ1) is 12.2. The van der Waals surface area contributed by atoms with Gasteiger partial charge in [0.15, 0.2) is 0 Å². The summed E-state index contributed by atoms with van der Waals surface area (Å²) in [6.07, 6.45) is 6.31. The lowest BCUT2D eigenvalue weighted by Gasteiger charge is -2.21. The Morgan fingerprint density at radius 3 is 2.74 bits per heavy atom. The SMILES string of the molecule is Cc1ccccc1-c1noc(NC2CCCCC2)n1. The molecule has 1 heterocycles. The predicted molar refractivity (Wildman–Crippen MR) is 75.0 cm³/mol. The van der Waals surface area contributed by atoms with Crippen LogP contribution < -0.4 is 5.32 Å². The van der Waals surface area contributed by atoms with Gasteiger partial charge in [-0.15, -0.1) is 0 Å². The van der Waals surface area contributed by atoms with Crippen LogP contribution in [-0.4, -0.2) is 16.2 Å². The van der Waals surface area contributed by atoms with Crippen LogP contribution in [0.3, 0.4) is 0 Å². The van der Waals surface area contributed by atoms with Crippen LogP contribution >= 0.6 is 0 Å². The molecule has 0 bridgehead atoms. The fourth-order valence-electron chi connectivity index (χ4n) is 2.64. The van der Waals surface area contributed by atoms with Crippen LogP contribution in [-0.2, 0) is 0 Å². The van der Waals surface area contributed by atoms with E-state index in [2.05, 4.69) is 28.4 Å². The second-order valence-electron chi connectivity index (χ2n) is 5.22. The molecule has 1 N–H and O–H groups in total. The third-order valence-corrected chi connectivity index (χ3v) is 3.74. The zero-order valence-corrected chi connectivity index (χ0v) is 11.2. The summed E-state index contributed by atoms with van der Waals surface area (Å²) in [4.78, 5) is 4.45. The molecule has 100 valence electrons. The van der Waals surface area contributed by atoms with Gasteiger partial charge in [-0.3, -0.25) is 0 Å². The number of aryl methyl sites for hydroxylation is 1. The molecule has 0 atom stereocenters. The molecule has 4 nitrogen and oxygen atoms in total. The molecule has 2 aromatic rings. The highest BCUT2D eigenvalue weighted by atomic mass is 16.5. The number of nitrogens with zero attached hydrogens (tertiary/aromatic N) is 2. The van der Waals surface area contributed by atoms with Crippen molar-refractivity contribution in [2.75, 3.05) is 5.32 Å². The quantitative estimate of drug-likeness (QED) is 0.908. The van der Waals surface area contributed by atoms with Crippen LogP contribution in [0, 0.1) is 6.92 Å². The molecular formula is C15H19N3O. The van der Waals surface area contributed by atoms with Crippen molar-refractivity contribution in [1.82, 2.24) is 10.1 Å². The maximum Gasteiger partial charge on any atom is 0.322 e. The van der Waals surface area contributed by atoms with Gasteiger partial charge in [0.05, 0.1) is 0 Å². The van der Waals surface area contributed by atoms with Crippen LogP contribution in [0.15, 0.2) is 28.8 Å². The zero-order valence-electron chi connectivity index (χ0n) is 11.2. The van der Waals surface area contributed by atoms with E-state index < -0.39 is 0 Å². The lowest BCUT2D eigenvalue weighted by atomic mass is 9.96. The summed E-state index contributed by atoms with van der Waals surface area (Å²) in [5.41, 5.74) is 2.19. The van der Waals surface area contributed by atoms with E-state index in [4.69, 9.17) is 4.52 Å². The maximum atomic E-state index is 5.30. The van der Waals surface area contributed by atoms with Crippen molar-refractivity contribution in [3.63, 3.8) is 0 Å². The van der Waals surface area contributed by atoms with Crippen molar-refractivity contribution in [1.29, 1.82) is 0 Å². The van der Waals surface area contributed by atoms with Gasteiger partial charge >= 0.3 is 6.01 Å². The summed E-state index contributed by atoms with van der Waals surface area (Å²) in [5, 5.41) is 7.41. The molecule has 1 aliphatic rings. The van der Waals surface area contributed by atoms with Gasteiger partial charge in [0.1, 0.15) is 0 Å². The molecule has 0 spiro atoms. The molecule has 4 heteroatoms. The second kappa shape index (κ2) is 5.43. The number of hydrogen-bond donors (Lipinski definition) is 1. The second-order valence-corrected chi connectivity index (χ2v) is 5.22. The Balaban J connectivity index is 1.74. The van der Waals surface area contributed by atoms with Crippen molar-refractivity contribution in [3.05, 3.63) is 29.8 Å². The number of aromatic nitrogens is 2. The van der Waals surface area contributed by atoms with E-state index in [1.165, 1.54) is 32.1 Å². The molecule has 19 heavy (non-hydrogen) atoms. The Morgan fingerprint density at radius 2 is 1.95 bits per heavy atom. The summed E-state index contributed by atoms with van der Waals surface area (Å²) >= 11 is 0. The average molecular weight is 257 g/mol. The Morgan fingerprint density at radius 1 is 1.16 bits per heavy atom. The van der Waals surface area contributed by atoms with Crippen LogP contribution in [0.1, 0.15) is 37.7 Å². The number of nitrogens with one attached hydrogen (secondary N) is 1.